The predicted molar refractivity (Wildman–Crippen MR) is 99.6 cm³/mol. The Kier molecular flexibility index (Phi) is 5.04. The first-order valence-corrected chi connectivity index (χ1v) is 9.36. The van der Waals surface area contributed by atoms with E-state index in [0.29, 0.717) is 11.9 Å². The Morgan fingerprint density at radius 1 is 1.23 bits per heavy atom. The number of hydrogen-bond donors (Lipinski definition) is 0. The lowest BCUT2D eigenvalue weighted by Crippen LogP contribution is -2.33. The van der Waals surface area contributed by atoms with Crippen LogP contribution in [-0.2, 0) is 13.1 Å². The summed E-state index contributed by atoms with van der Waals surface area (Å²) in [6, 6.07) is 8.84. The van der Waals surface area contributed by atoms with Crippen molar-refractivity contribution in [3.63, 3.8) is 0 Å². The van der Waals surface area contributed by atoms with Gasteiger partial charge in [-0.25, -0.2) is 0 Å². The lowest BCUT2D eigenvalue weighted by atomic mass is 10.1. The van der Waals surface area contributed by atoms with Crippen molar-refractivity contribution < 1.29 is 8.94 Å². The maximum absolute atomic E-state index is 5.69. The molecule has 0 saturated carbocycles. The number of likely N-dealkylation sites (tertiary alicyclic amines) is 1. The van der Waals surface area contributed by atoms with Gasteiger partial charge in [0.1, 0.15) is 5.58 Å². The Bertz CT molecular complexity index is 856. The molecule has 1 fully saturated rings. The van der Waals surface area contributed by atoms with Crippen LogP contribution in [0.4, 0.5) is 0 Å². The number of furan rings is 1. The van der Waals surface area contributed by atoms with Crippen LogP contribution in [0.3, 0.4) is 0 Å². The number of rotatable bonds is 5. The quantitative estimate of drug-likeness (QED) is 0.698. The van der Waals surface area contributed by atoms with Crippen LogP contribution < -0.4 is 0 Å². The van der Waals surface area contributed by atoms with Crippen molar-refractivity contribution in [1.29, 1.82) is 0 Å². The maximum atomic E-state index is 5.69. The van der Waals surface area contributed by atoms with Gasteiger partial charge in [0, 0.05) is 30.5 Å². The van der Waals surface area contributed by atoms with E-state index in [1.807, 2.05) is 25.3 Å². The minimum absolute atomic E-state index is 0.555. The molecule has 0 N–H and O–H groups in total. The molecule has 3 heterocycles. The minimum atomic E-state index is 0.555. The highest BCUT2D eigenvalue weighted by atomic mass is 16.5. The number of nitrogens with zero attached hydrogens (tertiary/aromatic N) is 4. The third kappa shape index (κ3) is 3.81. The molecule has 0 aliphatic carbocycles. The molecule has 1 atom stereocenters. The average Bonchev–Trinajstić information content (AvgIpc) is 3.15. The Hall–Kier alpha value is -2.18. The second-order valence-corrected chi connectivity index (χ2v) is 7.26. The number of aromatic nitrogens is 2. The molecule has 138 valence electrons. The lowest BCUT2D eigenvalue weighted by Gasteiger charge is -2.26. The third-order valence-electron chi connectivity index (χ3n) is 5.33. The largest absolute Gasteiger partial charge is 0.464 e. The summed E-state index contributed by atoms with van der Waals surface area (Å²) >= 11 is 0. The normalized spacial score (nSPS) is 19.3. The van der Waals surface area contributed by atoms with Crippen molar-refractivity contribution in [3.05, 3.63) is 47.8 Å². The van der Waals surface area contributed by atoms with E-state index in [0.717, 1.165) is 44.0 Å². The van der Waals surface area contributed by atoms with Gasteiger partial charge in [0.2, 0.25) is 5.89 Å². The number of hydrogen-bond acceptors (Lipinski definition) is 6. The molecule has 26 heavy (non-hydrogen) atoms. The Morgan fingerprint density at radius 3 is 2.96 bits per heavy atom. The van der Waals surface area contributed by atoms with Gasteiger partial charge in [-0.1, -0.05) is 23.4 Å². The topological polar surface area (TPSA) is 58.5 Å². The van der Waals surface area contributed by atoms with Crippen LogP contribution in [0, 0.1) is 6.92 Å². The molecular weight excluding hydrogens is 328 g/mol. The van der Waals surface area contributed by atoms with Crippen LogP contribution in [0.25, 0.3) is 11.0 Å². The Labute approximate surface area is 153 Å². The fourth-order valence-corrected chi connectivity index (χ4v) is 3.89. The standard InChI is InChI=1S/C20H26N4O2/c1-15-21-20(22-26-15)13-23(2)17-6-5-10-24(11-9-17)12-16-14-25-19-8-4-3-7-18(16)19/h3-4,7-8,14,17H,5-6,9-13H2,1-2H3/t17-/m0/s1. The molecule has 1 aromatic carbocycles. The summed E-state index contributed by atoms with van der Waals surface area (Å²) in [6.07, 6.45) is 5.48. The fourth-order valence-electron chi connectivity index (χ4n) is 3.89. The van der Waals surface area contributed by atoms with E-state index in [-0.39, 0.29) is 0 Å². The smallest absolute Gasteiger partial charge is 0.223 e. The Balaban J connectivity index is 1.35. The summed E-state index contributed by atoms with van der Waals surface area (Å²) in [7, 11) is 2.16. The van der Waals surface area contributed by atoms with Crippen molar-refractivity contribution >= 4 is 11.0 Å². The molecule has 6 heteroatoms. The highest BCUT2D eigenvalue weighted by Crippen LogP contribution is 2.24. The van der Waals surface area contributed by atoms with Crippen LogP contribution in [0.1, 0.15) is 36.5 Å². The second kappa shape index (κ2) is 7.60. The molecule has 1 saturated heterocycles. The number of para-hydroxylation sites is 1. The Morgan fingerprint density at radius 2 is 2.12 bits per heavy atom. The first-order valence-electron chi connectivity index (χ1n) is 9.36. The van der Waals surface area contributed by atoms with E-state index in [4.69, 9.17) is 8.94 Å². The predicted octanol–water partition coefficient (Wildman–Crippen LogP) is 3.61. The average molecular weight is 354 g/mol. The van der Waals surface area contributed by atoms with Crippen LogP contribution in [0.15, 0.2) is 39.5 Å². The van der Waals surface area contributed by atoms with Gasteiger partial charge < -0.3 is 8.94 Å². The van der Waals surface area contributed by atoms with Crippen molar-refractivity contribution in [2.75, 3.05) is 20.1 Å². The molecule has 0 bridgehead atoms. The van der Waals surface area contributed by atoms with Gasteiger partial charge in [-0.3, -0.25) is 9.80 Å². The summed E-state index contributed by atoms with van der Waals surface area (Å²) < 4.78 is 10.8. The van der Waals surface area contributed by atoms with E-state index < -0.39 is 0 Å². The van der Waals surface area contributed by atoms with Gasteiger partial charge in [0.05, 0.1) is 12.8 Å². The zero-order valence-electron chi connectivity index (χ0n) is 15.5. The van der Waals surface area contributed by atoms with Crippen molar-refractivity contribution in [2.45, 2.75) is 45.3 Å². The van der Waals surface area contributed by atoms with Crippen LogP contribution >= 0.6 is 0 Å². The van der Waals surface area contributed by atoms with E-state index in [1.165, 1.54) is 23.8 Å². The number of benzene rings is 1. The van der Waals surface area contributed by atoms with Crippen molar-refractivity contribution in [3.8, 4) is 0 Å². The van der Waals surface area contributed by atoms with E-state index in [9.17, 15) is 0 Å². The van der Waals surface area contributed by atoms with E-state index in [1.54, 1.807) is 0 Å². The highest BCUT2D eigenvalue weighted by Gasteiger charge is 2.22. The van der Waals surface area contributed by atoms with E-state index in [2.05, 4.69) is 39.1 Å². The fraction of sp³-hybridized carbons (Fsp3) is 0.500. The van der Waals surface area contributed by atoms with Crippen molar-refractivity contribution in [1.82, 2.24) is 19.9 Å². The molecular formula is C20H26N4O2. The van der Waals surface area contributed by atoms with Crippen LogP contribution in [-0.4, -0.2) is 46.1 Å². The summed E-state index contributed by atoms with van der Waals surface area (Å²) in [6.45, 7) is 5.76. The monoisotopic (exact) mass is 354 g/mol. The molecule has 0 radical (unpaired) electrons. The summed E-state index contributed by atoms with van der Waals surface area (Å²) in [5, 5.41) is 5.25. The minimum Gasteiger partial charge on any atom is -0.464 e. The summed E-state index contributed by atoms with van der Waals surface area (Å²) in [5.41, 5.74) is 2.26. The molecule has 0 unspecified atom stereocenters. The molecule has 0 amide bonds. The van der Waals surface area contributed by atoms with E-state index >= 15 is 0 Å². The van der Waals surface area contributed by atoms with Gasteiger partial charge in [0.15, 0.2) is 5.82 Å². The zero-order valence-corrected chi connectivity index (χ0v) is 15.5. The molecule has 0 spiro atoms. The van der Waals surface area contributed by atoms with Gasteiger partial charge in [-0.15, -0.1) is 0 Å². The van der Waals surface area contributed by atoms with Gasteiger partial charge in [0.25, 0.3) is 0 Å². The van der Waals surface area contributed by atoms with Crippen LogP contribution in [0.5, 0.6) is 0 Å². The third-order valence-corrected chi connectivity index (χ3v) is 5.33. The number of fused-ring (bicyclic) bond motifs is 1. The molecule has 1 aliphatic rings. The highest BCUT2D eigenvalue weighted by molar-refractivity contribution is 5.80. The summed E-state index contributed by atoms with van der Waals surface area (Å²) in [4.78, 5) is 9.23. The molecule has 6 nitrogen and oxygen atoms in total. The van der Waals surface area contributed by atoms with Gasteiger partial charge in [-0.05, 0) is 45.5 Å². The number of aryl methyl sites for hydroxylation is 1. The first-order chi connectivity index (χ1) is 12.7. The molecule has 2 aromatic heterocycles. The first kappa shape index (κ1) is 17.2. The van der Waals surface area contributed by atoms with Crippen LogP contribution in [0.2, 0.25) is 0 Å². The molecule has 1 aliphatic heterocycles. The molecule has 4 rings (SSSR count). The molecule has 3 aromatic rings. The van der Waals surface area contributed by atoms with Gasteiger partial charge >= 0.3 is 0 Å². The maximum Gasteiger partial charge on any atom is 0.223 e. The van der Waals surface area contributed by atoms with Crippen molar-refractivity contribution in [2.24, 2.45) is 0 Å². The zero-order chi connectivity index (χ0) is 17.9. The SMILES string of the molecule is Cc1nc(CN(C)[C@H]2CCCN(Cc3coc4ccccc34)CC2)no1. The lowest BCUT2D eigenvalue weighted by molar-refractivity contribution is 0.200. The second-order valence-electron chi connectivity index (χ2n) is 7.26. The van der Waals surface area contributed by atoms with Gasteiger partial charge in [-0.2, -0.15) is 4.98 Å². The summed E-state index contributed by atoms with van der Waals surface area (Å²) in [5.74, 6) is 1.41.